The van der Waals surface area contributed by atoms with Crippen LogP contribution in [0.25, 0.3) is 0 Å². The molecule has 2 aliphatic heterocycles. The van der Waals surface area contributed by atoms with Gasteiger partial charge in [0.15, 0.2) is 5.78 Å². The fourth-order valence-corrected chi connectivity index (χ4v) is 5.30. The molecule has 0 aliphatic carbocycles. The van der Waals surface area contributed by atoms with Gasteiger partial charge in [0.25, 0.3) is 5.91 Å². The molecule has 2 fully saturated rings. The second-order valence-electron chi connectivity index (χ2n) is 10.4. The zero-order chi connectivity index (χ0) is 26.6. The number of likely N-dealkylation sites (N-methyl/N-ethyl adjacent to an activating group) is 1. The van der Waals surface area contributed by atoms with Gasteiger partial charge in [-0.1, -0.05) is 13.8 Å². The Morgan fingerprint density at radius 1 is 1.06 bits per heavy atom. The molecule has 9 heteroatoms. The van der Waals surface area contributed by atoms with Crippen molar-refractivity contribution >= 4 is 29.2 Å². The van der Waals surface area contributed by atoms with Crippen molar-refractivity contribution in [2.24, 2.45) is 5.92 Å². The summed E-state index contributed by atoms with van der Waals surface area (Å²) in [5, 5.41) is 2.93. The third kappa shape index (κ3) is 6.06. The van der Waals surface area contributed by atoms with Crippen LogP contribution in [0.1, 0.15) is 50.9 Å². The molecule has 2 heterocycles. The summed E-state index contributed by atoms with van der Waals surface area (Å²) < 4.78 is 0. The van der Waals surface area contributed by atoms with Crippen molar-refractivity contribution in [3.63, 3.8) is 0 Å². The first-order chi connectivity index (χ1) is 17.1. The van der Waals surface area contributed by atoms with Gasteiger partial charge in [-0.2, -0.15) is 0 Å². The van der Waals surface area contributed by atoms with Gasteiger partial charge in [-0.15, -0.1) is 0 Å². The summed E-state index contributed by atoms with van der Waals surface area (Å²) in [5.41, 5.74) is 1.53. The standard InChI is InChI=1S/C27H41N5O4/c1-7-30(8-2)20-11-9-19(10-12-20)26(35)28-21(15-18(3)4)27(36)31-14-13-22-25(31)23(33)16-32(22)24(34)17-29(5)6/h9-12,18,21-22,25H,7-8,13-17H2,1-6H3,(H,28,35). The topological polar surface area (TPSA) is 93.3 Å². The maximum atomic E-state index is 13.7. The average Bonchev–Trinajstić information content (AvgIpc) is 3.40. The van der Waals surface area contributed by atoms with E-state index in [1.54, 1.807) is 26.8 Å². The van der Waals surface area contributed by atoms with Gasteiger partial charge in [-0.25, -0.2) is 0 Å². The van der Waals surface area contributed by atoms with Gasteiger partial charge >= 0.3 is 0 Å². The van der Waals surface area contributed by atoms with Crippen LogP contribution in [0.2, 0.25) is 0 Å². The number of amides is 3. The molecule has 2 saturated heterocycles. The molecule has 198 valence electrons. The summed E-state index contributed by atoms with van der Waals surface area (Å²) in [6.45, 7) is 10.6. The third-order valence-corrected chi connectivity index (χ3v) is 7.05. The number of Topliss-reactive ketones (excluding diaryl/α,β-unsaturated/α-hetero) is 1. The summed E-state index contributed by atoms with van der Waals surface area (Å²) in [5.74, 6) is -0.606. The van der Waals surface area contributed by atoms with Gasteiger partial charge < -0.3 is 24.9 Å². The number of fused-ring (bicyclic) bond motifs is 1. The van der Waals surface area contributed by atoms with Crippen LogP contribution in [0.4, 0.5) is 5.69 Å². The van der Waals surface area contributed by atoms with Gasteiger partial charge in [0.1, 0.15) is 12.1 Å². The lowest BCUT2D eigenvalue weighted by Gasteiger charge is -2.29. The Balaban J connectivity index is 1.73. The molecule has 3 rings (SSSR count). The van der Waals surface area contributed by atoms with E-state index in [2.05, 4.69) is 24.1 Å². The van der Waals surface area contributed by atoms with E-state index in [9.17, 15) is 19.2 Å². The molecule has 0 radical (unpaired) electrons. The molecule has 3 amide bonds. The number of nitrogens with zero attached hydrogens (tertiary/aromatic N) is 4. The van der Waals surface area contributed by atoms with E-state index < -0.39 is 12.1 Å². The second kappa shape index (κ2) is 11.9. The highest BCUT2D eigenvalue weighted by molar-refractivity contribution is 6.01. The summed E-state index contributed by atoms with van der Waals surface area (Å²) in [4.78, 5) is 59.5. The van der Waals surface area contributed by atoms with Crippen LogP contribution in [0.3, 0.4) is 0 Å². The summed E-state index contributed by atoms with van der Waals surface area (Å²) >= 11 is 0. The van der Waals surface area contributed by atoms with Gasteiger partial charge in [-0.05, 0) is 71.0 Å². The van der Waals surface area contributed by atoms with Crippen molar-refractivity contribution in [2.75, 3.05) is 51.7 Å². The Labute approximate surface area is 214 Å². The van der Waals surface area contributed by atoms with Crippen LogP contribution in [0.15, 0.2) is 24.3 Å². The number of rotatable bonds is 10. The van der Waals surface area contributed by atoms with Crippen LogP contribution < -0.4 is 10.2 Å². The minimum absolute atomic E-state index is 0.0336. The van der Waals surface area contributed by atoms with Crippen LogP contribution in [0, 0.1) is 5.92 Å². The fourth-order valence-electron chi connectivity index (χ4n) is 5.30. The number of hydrogen-bond acceptors (Lipinski definition) is 6. The number of anilines is 1. The minimum atomic E-state index is -0.738. The zero-order valence-corrected chi connectivity index (χ0v) is 22.5. The lowest BCUT2D eigenvalue weighted by atomic mass is 10.0. The van der Waals surface area contributed by atoms with Crippen molar-refractivity contribution in [1.29, 1.82) is 0 Å². The Bertz CT molecular complexity index is 957. The predicted molar refractivity (Wildman–Crippen MR) is 140 cm³/mol. The molecular weight excluding hydrogens is 458 g/mol. The molecule has 1 aromatic rings. The van der Waals surface area contributed by atoms with Gasteiger partial charge in [0.05, 0.1) is 19.1 Å². The number of likely N-dealkylation sites (tertiary alicyclic amines) is 2. The number of carbonyl (C=O) groups excluding carboxylic acids is 4. The van der Waals surface area contributed by atoms with Gasteiger partial charge in [-0.3, -0.25) is 19.2 Å². The molecule has 36 heavy (non-hydrogen) atoms. The highest BCUT2D eigenvalue weighted by Gasteiger charge is 2.52. The Hall–Kier alpha value is -2.94. The van der Waals surface area contributed by atoms with E-state index in [0.717, 1.165) is 18.8 Å². The summed E-state index contributed by atoms with van der Waals surface area (Å²) in [6, 6.07) is 5.73. The third-order valence-electron chi connectivity index (χ3n) is 7.05. The molecule has 0 saturated carbocycles. The molecule has 0 bridgehead atoms. The molecule has 3 atom stereocenters. The van der Waals surface area contributed by atoms with Gasteiger partial charge in [0, 0.05) is 30.9 Å². The monoisotopic (exact) mass is 499 g/mol. The van der Waals surface area contributed by atoms with E-state index >= 15 is 0 Å². The average molecular weight is 500 g/mol. The SMILES string of the molecule is CCN(CC)c1ccc(C(=O)NC(CC(C)C)C(=O)N2CCC3C2C(=O)CN3C(=O)CN(C)C)cc1. The van der Waals surface area contributed by atoms with Crippen LogP contribution >= 0.6 is 0 Å². The van der Waals surface area contributed by atoms with Crippen LogP contribution in [-0.2, 0) is 14.4 Å². The first-order valence-corrected chi connectivity index (χ1v) is 13.0. The Kier molecular flexibility index (Phi) is 9.11. The van der Waals surface area contributed by atoms with Crippen molar-refractivity contribution in [3.8, 4) is 0 Å². The van der Waals surface area contributed by atoms with Crippen LogP contribution in [-0.4, -0.2) is 103 Å². The number of ketones is 1. The van der Waals surface area contributed by atoms with E-state index in [1.807, 2.05) is 40.1 Å². The molecule has 9 nitrogen and oxygen atoms in total. The number of benzene rings is 1. The van der Waals surface area contributed by atoms with E-state index in [1.165, 1.54) is 0 Å². The van der Waals surface area contributed by atoms with E-state index in [4.69, 9.17) is 0 Å². The molecule has 1 aromatic carbocycles. The maximum absolute atomic E-state index is 13.7. The Morgan fingerprint density at radius 2 is 1.69 bits per heavy atom. The normalized spacial score (nSPS) is 20.2. The first-order valence-electron chi connectivity index (χ1n) is 13.0. The number of carbonyl (C=O) groups is 4. The molecule has 1 N–H and O–H groups in total. The molecule has 2 aliphatic rings. The zero-order valence-electron chi connectivity index (χ0n) is 22.5. The number of hydrogen-bond donors (Lipinski definition) is 1. The van der Waals surface area contributed by atoms with Crippen LogP contribution in [0.5, 0.6) is 0 Å². The van der Waals surface area contributed by atoms with Crippen molar-refractivity contribution in [1.82, 2.24) is 20.0 Å². The highest BCUT2D eigenvalue weighted by Crippen LogP contribution is 2.31. The lowest BCUT2D eigenvalue weighted by Crippen LogP contribution is -2.53. The smallest absolute Gasteiger partial charge is 0.251 e. The molecular formula is C27H41N5O4. The largest absolute Gasteiger partial charge is 0.372 e. The van der Waals surface area contributed by atoms with Crippen molar-refractivity contribution < 1.29 is 19.2 Å². The van der Waals surface area contributed by atoms with Crippen molar-refractivity contribution in [3.05, 3.63) is 29.8 Å². The van der Waals surface area contributed by atoms with Gasteiger partial charge in [0.2, 0.25) is 11.8 Å². The fraction of sp³-hybridized carbons (Fsp3) is 0.630. The first kappa shape index (κ1) is 27.6. The Morgan fingerprint density at radius 3 is 2.25 bits per heavy atom. The highest BCUT2D eigenvalue weighted by atomic mass is 16.2. The molecule has 3 unspecified atom stereocenters. The predicted octanol–water partition coefficient (Wildman–Crippen LogP) is 1.62. The summed E-state index contributed by atoms with van der Waals surface area (Å²) in [6.07, 6.45) is 1.03. The molecule has 0 aromatic heterocycles. The van der Waals surface area contributed by atoms with E-state index in [0.29, 0.717) is 24.9 Å². The van der Waals surface area contributed by atoms with Crippen molar-refractivity contribution in [2.45, 2.75) is 58.7 Å². The number of nitrogens with one attached hydrogen (secondary N) is 1. The lowest BCUT2D eigenvalue weighted by molar-refractivity contribution is -0.138. The molecule has 0 spiro atoms. The quantitative estimate of drug-likeness (QED) is 0.526. The second-order valence-corrected chi connectivity index (χ2v) is 10.4. The maximum Gasteiger partial charge on any atom is 0.251 e. The summed E-state index contributed by atoms with van der Waals surface area (Å²) in [7, 11) is 3.63. The van der Waals surface area contributed by atoms with E-state index in [-0.39, 0.29) is 48.6 Å². The minimum Gasteiger partial charge on any atom is -0.372 e.